The van der Waals surface area contributed by atoms with Crippen molar-refractivity contribution >= 4 is 0 Å². The van der Waals surface area contributed by atoms with Crippen LogP contribution < -0.4 is 5.32 Å². The minimum atomic E-state index is 0.418. The third-order valence-electron chi connectivity index (χ3n) is 4.02. The molecular formula is C19H24N2O. The van der Waals surface area contributed by atoms with Crippen LogP contribution in [0.1, 0.15) is 11.1 Å². The van der Waals surface area contributed by atoms with E-state index >= 15 is 0 Å². The van der Waals surface area contributed by atoms with E-state index in [0.717, 1.165) is 32.8 Å². The van der Waals surface area contributed by atoms with Crippen LogP contribution in [0.2, 0.25) is 0 Å². The first kappa shape index (κ1) is 15.2. The van der Waals surface area contributed by atoms with E-state index in [0.29, 0.717) is 12.6 Å². The first-order valence-corrected chi connectivity index (χ1v) is 8.01. The van der Waals surface area contributed by atoms with Crippen LogP contribution in [0.15, 0.2) is 60.7 Å². The molecule has 1 heterocycles. The second-order valence-electron chi connectivity index (χ2n) is 5.87. The zero-order chi connectivity index (χ0) is 15.0. The van der Waals surface area contributed by atoms with E-state index in [4.69, 9.17) is 4.74 Å². The molecule has 0 spiro atoms. The maximum absolute atomic E-state index is 5.87. The summed E-state index contributed by atoms with van der Waals surface area (Å²) in [5.74, 6) is 0. The molecule has 3 heteroatoms. The van der Waals surface area contributed by atoms with E-state index in [1.54, 1.807) is 0 Å². The van der Waals surface area contributed by atoms with Gasteiger partial charge in [0.15, 0.2) is 0 Å². The number of hydrogen-bond donors (Lipinski definition) is 1. The van der Waals surface area contributed by atoms with Gasteiger partial charge in [-0.05, 0) is 11.1 Å². The van der Waals surface area contributed by atoms with Gasteiger partial charge in [0.25, 0.3) is 0 Å². The van der Waals surface area contributed by atoms with Crippen LogP contribution >= 0.6 is 0 Å². The van der Waals surface area contributed by atoms with Crippen molar-refractivity contribution in [2.45, 2.75) is 19.2 Å². The molecule has 0 saturated carbocycles. The largest absolute Gasteiger partial charge is 0.375 e. The van der Waals surface area contributed by atoms with Gasteiger partial charge >= 0.3 is 0 Å². The van der Waals surface area contributed by atoms with Crippen molar-refractivity contribution in [3.05, 3.63) is 71.8 Å². The monoisotopic (exact) mass is 296 g/mol. The van der Waals surface area contributed by atoms with E-state index in [2.05, 4.69) is 64.8 Å². The van der Waals surface area contributed by atoms with Gasteiger partial charge in [0.05, 0.1) is 13.2 Å². The summed E-state index contributed by atoms with van der Waals surface area (Å²) in [4.78, 5) is 2.50. The highest BCUT2D eigenvalue weighted by Gasteiger charge is 2.19. The molecular weight excluding hydrogens is 272 g/mol. The Morgan fingerprint density at radius 2 is 1.64 bits per heavy atom. The van der Waals surface area contributed by atoms with Gasteiger partial charge in [0, 0.05) is 32.2 Å². The SMILES string of the molecule is c1ccc(COC[C@H]2CN(Cc3ccccc3)CCN2)cc1. The van der Waals surface area contributed by atoms with Crippen LogP contribution in [0.5, 0.6) is 0 Å². The number of nitrogens with one attached hydrogen (secondary N) is 1. The van der Waals surface area contributed by atoms with E-state index in [-0.39, 0.29) is 0 Å². The van der Waals surface area contributed by atoms with Crippen molar-refractivity contribution in [2.24, 2.45) is 0 Å². The van der Waals surface area contributed by atoms with Gasteiger partial charge in [-0.2, -0.15) is 0 Å². The lowest BCUT2D eigenvalue weighted by Gasteiger charge is -2.33. The molecule has 1 atom stereocenters. The number of hydrogen-bond acceptors (Lipinski definition) is 3. The highest BCUT2D eigenvalue weighted by molar-refractivity contribution is 5.15. The van der Waals surface area contributed by atoms with E-state index in [9.17, 15) is 0 Å². The third kappa shape index (κ3) is 4.67. The minimum Gasteiger partial charge on any atom is -0.375 e. The van der Waals surface area contributed by atoms with Crippen LogP contribution in [0.4, 0.5) is 0 Å². The Kier molecular flexibility index (Phi) is 5.59. The Hall–Kier alpha value is -1.68. The fourth-order valence-corrected chi connectivity index (χ4v) is 2.88. The maximum atomic E-state index is 5.87. The van der Waals surface area contributed by atoms with Crippen LogP contribution in [0.25, 0.3) is 0 Å². The Morgan fingerprint density at radius 3 is 2.36 bits per heavy atom. The predicted octanol–water partition coefficient (Wildman–Crippen LogP) is 2.68. The zero-order valence-electron chi connectivity index (χ0n) is 12.9. The van der Waals surface area contributed by atoms with Crippen LogP contribution in [0, 0.1) is 0 Å². The van der Waals surface area contributed by atoms with Gasteiger partial charge in [-0.15, -0.1) is 0 Å². The molecule has 3 rings (SSSR count). The van der Waals surface area contributed by atoms with E-state index in [1.165, 1.54) is 11.1 Å². The lowest BCUT2D eigenvalue weighted by atomic mass is 10.1. The highest BCUT2D eigenvalue weighted by Crippen LogP contribution is 2.08. The molecule has 3 nitrogen and oxygen atoms in total. The van der Waals surface area contributed by atoms with Crippen molar-refractivity contribution in [2.75, 3.05) is 26.2 Å². The molecule has 1 fully saturated rings. The molecule has 1 aliphatic heterocycles. The van der Waals surface area contributed by atoms with Gasteiger partial charge in [-0.3, -0.25) is 4.90 Å². The Morgan fingerprint density at radius 1 is 0.955 bits per heavy atom. The summed E-state index contributed by atoms with van der Waals surface area (Å²) < 4.78 is 5.87. The molecule has 2 aromatic rings. The quantitative estimate of drug-likeness (QED) is 0.887. The molecule has 0 radical (unpaired) electrons. The second-order valence-corrected chi connectivity index (χ2v) is 5.87. The summed E-state index contributed by atoms with van der Waals surface area (Å²) in [6.07, 6.45) is 0. The molecule has 0 amide bonds. The average Bonchev–Trinajstić information content (AvgIpc) is 2.57. The second kappa shape index (κ2) is 8.08. The van der Waals surface area contributed by atoms with E-state index < -0.39 is 0 Å². The van der Waals surface area contributed by atoms with Gasteiger partial charge in [-0.1, -0.05) is 60.7 Å². The topological polar surface area (TPSA) is 24.5 Å². The summed E-state index contributed by atoms with van der Waals surface area (Å²) >= 11 is 0. The Labute approximate surface area is 132 Å². The molecule has 22 heavy (non-hydrogen) atoms. The smallest absolute Gasteiger partial charge is 0.0717 e. The average molecular weight is 296 g/mol. The van der Waals surface area contributed by atoms with Crippen molar-refractivity contribution in [3.8, 4) is 0 Å². The number of nitrogens with zero attached hydrogens (tertiary/aromatic N) is 1. The van der Waals surface area contributed by atoms with Gasteiger partial charge in [0.2, 0.25) is 0 Å². The molecule has 116 valence electrons. The molecule has 0 aromatic heterocycles. The molecule has 1 aliphatic rings. The fourth-order valence-electron chi connectivity index (χ4n) is 2.88. The van der Waals surface area contributed by atoms with Gasteiger partial charge < -0.3 is 10.1 Å². The number of ether oxygens (including phenoxy) is 1. The van der Waals surface area contributed by atoms with Crippen LogP contribution in [-0.4, -0.2) is 37.2 Å². The van der Waals surface area contributed by atoms with Crippen molar-refractivity contribution in [3.63, 3.8) is 0 Å². The molecule has 0 bridgehead atoms. The standard InChI is InChI=1S/C19H24N2O/c1-3-7-17(8-4-1)13-21-12-11-20-19(14-21)16-22-15-18-9-5-2-6-10-18/h1-10,19-20H,11-16H2/t19-/m1/s1. The summed E-state index contributed by atoms with van der Waals surface area (Å²) in [7, 11) is 0. The number of benzene rings is 2. The number of piperazine rings is 1. The van der Waals surface area contributed by atoms with Crippen molar-refractivity contribution < 1.29 is 4.74 Å². The van der Waals surface area contributed by atoms with Crippen molar-refractivity contribution in [1.29, 1.82) is 0 Å². The van der Waals surface area contributed by atoms with Crippen molar-refractivity contribution in [1.82, 2.24) is 10.2 Å². The normalized spacial score (nSPS) is 19.2. The third-order valence-corrected chi connectivity index (χ3v) is 4.02. The number of rotatable bonds is 6. The Balaban J connectivity index is 1.42. The lowest BCUT2D eigenvalue weighted by molar-refractivity contribution is 0.0702. The fraction of sp³-hybridized carbons (Fsp3) is 0.368. The minimum absolute atomic E-state index is 0.418. The van der Waals surface area contributed by atoms with E-state index in [1.807, 2.05) is 6.07 Å². The van der Waals surface area contributed by atoms with Crippen LogP contribution in [0.3, 0.4) is 0 Å². The Bertz CT molecular complexity index is 544. The summed E-state index contributed by atoms with van der Waals surface area (Å²) in [5, 5.41) is 3.55. The first-order valence-electron chi connectivity index (χ1n) is 8.01. The van der Waals surface area contributed by atoms with Gasteiger partial charge in [0.1, 0.15) is 0 Å². The predicted molar refractivity (Wildman–Crippen MR) is 89.6 cm³/mol. The molecule has 0 aliphatic carbocycles. The van der Waals surface area contributed by atoms with Crippen LogP contribution in [-0.2, 0) is 17.9 Å². The zero-order valence-corrected chi connectivity index (χ0v) is 12.9. The highest BCUT2D eigenvalue weighted by atomic mass is 16.5. The first-order chi connectivity index (χ1) is 10.9. The molecule has 1 saturated heterocycles. The lowest BCUT2D eigenvalue weighted by Crippen LogP contribution is -2.52. The maximum Gasteiger partial charge on any atom is 0.0717 e. The molecule has 0 unspecified atom stereocenters. The summed E-state index contributed by atoms with van der Waals surface area (Å²) in [6.45, 7) is 5.66. The molecule has 1 N–H and O–H groups in total. The summed E-state index contributed by atoms with van der Waals surface area (Å²) in [6, 6.07) is 21.5. The summed E-state index contributed by atoms with van der Waals surface area (Å²) in [5.41, 5.74) is 2.62. The molecule has 2 aromatic carbocycles. The van der Waals surface area contributed by atoms with Gasteiger partial charge in [-0.25, -0.2) is 0 Å².